The largest absolute Gasteiger partial charge is 0.497 e. The normalized spacial score (nSPS) is 11.8. The highest BCUT2D eigenvalue weighted by molar-refractivity contribution is 5.76. The molecule has 1 atom stereocenters. The number of hydrogen-bond donors (Lipinski definition) is 1. The Balaban J connectivity index is 1.48. The molecule has 0 spiro atoms. The number of aromatic nitrogens is 2. The fraction of sp³-hybridized carbons (Fsp3) is 0.318. The second-order valence-corrected chi connectivity index (χ2v) is 6.53. The molecule has 0 saturated heterocycles. The van der Waals surface area contributed by atoms with Gasteiger partial charge in [-0.2, -0.15) is 4.98 Å². The third-order valence-electron chi connectivity index (χ3n) is 4.56. The molecule has 6 heteroatoms. The summed E-state index contributed by atoms with van der Waals surface area (Å²) >= 11 is 0. The number of amides is 1. The summed E-state index contributed by atoms with van der Waals surface area (Å²) in [6.07, 6.45) is 2.46. The van der Waals surface area contributed by atoms with Crippen LogP contribution in [0.5, 0.6) is 5.75 Å². The SMILES string of the molecule is CCC(NC(=O)CCCc1nc(-c2ccccc2)no1)c1ccc(OC)cc1. The molecule has 1 amide bonds. The van der Waals surface area contributed by atoms with Crippen molar-refractivity contribution < 1.29 is 14.1 Å². The maximum Gasteiger partial charge on any atom is 0.226 e. The van der Waals surface area contributed by atoms with Gasteiger partial charge >= 0.3 is 0 Å². The van der Waals surface area contributed by atoms with E-state index < -0.39 is 0 Å². The van der Waals surface area contributed by atoms with Crippen LogP contribution in [0.2, 0.25) is 0 Å². The predicted octanol–water partition coefficient (Wildman–Crippen LogP) is 4.34. The quantitative estimate of drug-likeness (QED) is 0.598. The van der Waals surface area contributed by atoms with Crippen molar-refractivity contribution in [2.75, 3.05) is 7.11 Å². The minimum Gasteiger partial charge on any atom is -0.497 e. The van der Waals surface area contributed by atoms with E-state index in [1.165, 1.54) is 0 Å². The van der Waals surface area contributed by atoms with Gasteiger partial charge in [0.15, 0.2) is 0 Å². The van der Waals surface area contributed by atoms with E-state index in [1.807, 2.05) is 54.6 Å². The van der Waals surface area contributed by atoms with Gasteiger partial charge in [0.25, 0.3) is 0 Å². The molecule has 0 aliphatic carbocycles. The van der Waals surface area contributed by atoms with Crippen molar-refractivity contribution in [3.63, 3.8) is 0 Å². The maximum absolute atomic E-state index is 12.3. The molecule has 1 unspecified atom stereocenters. The summed E-state index contributed by atoms with van der Waals surface area (Å²) in [6.45, 7) is 2.05. The Morgan fingerprint density at radius 2 is 1.89 bits per heavy atom. The molecule has 0 radical (unpaired) electrons. The Hall–Kier alpha value is -3.15. The van der Waals surface area contributed by atoms with Gasteiger partial charge < -0.3 is 14.6 Å². The number of nitrogens with one attached hydrogen (secondary N) is 1. The number of benzene rings is 2. The highest BCUT2D eigenvalue weighted by Crippen LogP contribution is 2.20. The van der Waals surface area contributed by atoms with Gasteiger partial charge in [-0.1, -0.05) is 54.5 Å². The minimum absolute atomic E-state index is 0.00788. The van der Waals surface area contributed by atoms with Crippen LogP contribution < -0.4 is 10.1 Å². The van der Waals surface area contributed by atoms with Crippen LogP contribution in [0, 0.1) is 0 Å². The molecule has 1 heterocycles. The lowest BCUT2D eigenvalue weighted by atomic mass is 10.0. The van der Waals surface area contributed by atoms with Gasteiger partial charge in [0.05, 0.1) is 13.2 Å². The fourth-order valence-corrected chi connectivity index (χ4v) is 2.98. The first kappa shape index (κ1) is 19.6. The van der Waals surface area contributed by atoms with E-state index in [4.69, 9.17) is 9.26 Å². The summed E-state index contributed by atoms with van der Waals surface area (Å²) in [6, 6.07) is 17.5. The van der Waals surface area contributed by atoms with Crippen molar-refractivity contribution in [1.82, 2.24) is 15.5 Å². The molecule has 146 valence electrons. The summed E-state index contributed by atoms with van der Waals surface area (Å²) in [5, 5.41) is 7.09. The second kappa shape index (κ2) is 9.69. The highest BCUT2D eigenvalue weighted by atomic mass is 16.5. The number of hydrogen-bond acceptors (Lipinski definition) is 5. The molecule has 0 fully saturated rings. The van der Waals surface area contributed by atoms with Gasteiger partial charge in [0.1, 0.15) is 5.75 Å². The first-order chi connectivity index (χ1) is 13.7. The van der Waals surface area contributed by atoms with E-state index in [0.717, 1.165) is 23.3 Å². The van der Waals surface area contributed by atoms with Crippen molar-refractivity contribution in [2.45, 2.75) is 38.6 Å². The monoisotopic (exact) mass is 379 g/mol. The number of carbonyl (C=O) groups is 1. The first-order valence-corrected chi connectivity index (χ1v) is 9.51. The fourth-order valence-electron chi connectivity index (χ4n) is 2.98. The van der Waals surface area contributed by atoms with Crippen LogP contribution in [0.4, 0.5) is 0 Å². The number of nitrogens with zero attached hydrogens (tertiary/aromatic N) is 2. The van der Waals surface area contributed by atoms with Crippen LogP contribution in [0.1, 0.15) is 43.7 Å². The third-order valence-corrected chi connectivity index (χ3v) is 4.56. The van der Waals surface area contributed by atoms with Gasteiger partial charge in [-0.25, -0.2) is 0 Å². The summed E-state index contributed by atoms with van der Waals surface area (Å²) in [5.41, 5.74) is 1.99. The maximum atomic E-state index is 12.3. The zero-order chi connectivity index (χ0) is 19.8. The molecular formula is C22H25N3O3. The van der Waals surface area contributed by atoms with Gasteiger partial charge in [-0.3, -0.25) is 4.79 Å². The average Bonchev–Trinajstić information content (AvgIpc) is 3.22. The Labute approximate surface area is 164 Å². The second-order valence-electron chi connectivity index (χ2n) is 6.53. The highest BCUT2D eigenvalue weighted by Gasteiger charge is 2.14. The number of aryl methyl sites for hydroxylation is 1. The van der Waals surface area contributed by atoms with E-state index >= 15 is 0 Å². The number of ether oxygens (including phenoxy) is 1. The van der Waals surface area contributed by atoms with Crippen molar-refractivity contribution in [1.29, 1.82) is 0 Å². The van der Waals surface area contributed by atoms with Crippen molar-refractivity contribution >= 4 is 5.91 Å². The lowest BCUT2D eigenvalue weighted by molar-refractivity contribution is -0.122. The number of rotatable bonds is 9. The summed E-state index contributed by atoms with van der Waals surface area (Å²) in [5.74, 6) is 1.95. The Morgan fingerprint density at radius 1 is 1.14 bits per heavy atom. The smallest absolute Gasteiger partial charge is 0.226 e. The van der Waals surface area contributed by atoms with E-state index in [0.29, 0.717) is 31.0 Å². The third kappa shape index (κ3) is 5.19. The number of carbonyl (C=O) groups excluding carboxylic acids is 1. The Kier molecular flexibility index (Phi) is 6.78. The molecule has 0 saturated carbocycles. The molecule has 3 rings (SSSR count). The van der Waals surface area contributed by atoms with Crippen LogP contribution in [0.3, 0.4) is 0 Å². The average molecular weight is 379 g/mol. The van der Waals surface area contributed by atoms with Crippen molar-refractivity contribution in [2.24, 2.45) is 0 Å². The van der Waals surface area contributed by atoms with E-state index in [9.17, 15) is 4.79 Å². The predicted molar refractivity (Wildman–Crippen MR) is 107 cm³/mol. The van der Waals surface area contributed by atoms with E-state index in [-0.39, 0.29) is 11.9 Å². The van der Waals surface area contributed by atoms with E-state index in [2.05, 4.69) is 22.4 Å². The summed E-state index contributed by atoms with van der Waals surface area (Å²) in [4.78, 5) is 16.7. The van der Waals surface area contributed by atoms with E-state index in [1.54, 1.807) is 7.11 Å². The number of methoxy groups -OCH3 is 1. The van der Waals surface area contributed by atoms with Crippen LogP contribution >= 0.6 is 0 Å². The lowest BCUT2D eigenvalue weighted by Crippen LogP contribution is -2.27. The van der Waals surface area contributed by atoms with Gasteiger partial charge in [0.2, 0.25) is 17.6 Å². The van der Waals surface area contributed by atoms with Crippen molar-refractivity contribution in [3.8, 4) is 17.1 Å². The van der Waals surface area contributed by atoms with Crippen LogP contribution in [-0.2, 0) is 11.2 Å². The van der Waals surface area contributed by atoms with Crippen LogP contribution in [-0.4, -0.2) is 23.2 Å². The Bertz CT molecular complexity index is 876. The molecule has 0 aliphatic heterocycles. The molecular weight excluding hydrogens is 354 g/mol. The zero-order valence-corrected chi connectivity index (χ0v) is 16.2. The van der Waals surface area contributed by atoms with Gasteiger partial charge in [0, 0.05) is 18.4 Å². The van der Waals surface area contributed by atoms with Crippen molar-refractivity contribution in [3.05, 3.63) is 66.1 Å². The minimum atomic E-state index is -0.00788. The first-order valence-electron chi connectivity index (χ1n) is 9.51. The summed E-state index contributed by atoms with van der Waals surface area (Å²) in [7, 11) is 1.64. The molecule has 3 aromatic rings. The molecule has 6 nitrogen and oxygen atoms in total. The van der Waals surface area contributed by atoms with Gasteiger partial charge in [-0.15, -0.1) is 0 Å². The van der Waals surface area contributed by atoms with Crippen LogP contribution in [0.25, 0.3) is 11.4 Å². The zero-order valence-electron chi connectivity index (χ0n) is 16.2. The van der Waals surface area contributed by atoms with Gasteiger partial charge in [-0.05, 0) is 30.5 Å². The standard InChI is InChI=1S/C22H25N3O3/c1-3-19(16-12-14-18(27-2)15-13-16)23-20(26)10-7-11-21-24-22(25-28-21)17-8-5-4-6-9-17/h4-6,8-9,12-15,19H,3,7,10-11H2,1-2H3,(H,23,26). The topological polar surface area (TPSA) is 77.3 Å². The molecule has 0 bridgehead atoms. The Morgan fingerprint density at radius 3 is 2.57 bits per heavy atom. The molecule has 28 heavy (non-hydrogen) atoms. The lowest BCUT2D eigenvalue weighted by Gasteiger charge is -2.17. The molecule has 0 aliphatic rings. The molecule has 1 N–H and O–H groups in total. The molecule has 2 aromatic carbocycles. The molecule has 1 aromatic heterocycles. The van der Waals surface area contributed by atoms with Crippen LogP contribution in [0.15, 0.2) is 59.1 Å². The summed E-state index contributed by atoms with van der Waals surface area (Å²) < 4.78 is 10.5.